The molecule has 0 aliphatic heterocycles. The number of alkyl carbamates (subject to hydrolysis) is 1. The maximum atomic E-state index is 12.9. The summed E-state index contributed by atoms with van der Waals surface area (Å²) in [7, 11) is -2.47. The molecule has 0 radical (unpaired) electrons. The summed E-state index contributed by atoms with van der Waals surface area (Å²) in [6.45, 7) is 7.52. The Labute approximate surface area is 268 Å². The smallest absolute Gasteiger partial charge is 0.407 e. The van der Waals surface area contributed by atoms with Crippen molar-refractivity contribution in [2.45, 2.75) is 76.0 Å². The van der Waals surface area contributed by atoms with Gasteiger partial charge in [0.15, 0.2) is 0 Å². The van der Waals surface area contributed by atoms with E-state index in [9.17, 15) is 13.2 Å². The molecule has 1 aliphatic carbocycles. The van der Waals surface area contributed by atoms with Crippen LogP contribution in [0, 0.1) is 6.92 Å². The van der Waals surface area contributed by atoms with Crippen LogP contribution in [0.5, 0.6) is 5.88 Å². The van der Waals surface area contributed by atoms with Crippen molar-refractivity contribution in [3.8, 4) is 17.0 Å². The van der Waals surface area contributed by atoms with E-state index in [-0.39, 0.29) is 39.8 Å². The standard InChI is InChI=1S/C32H37ClN6O5S/c1-19-16-26-20(18-34-30(37-26)35-21-10-12-22(13-11-21)36-31(40)44-32(2,3)4)17-24(19)23-14-15-28(38-29(23)43-5)39-45(41,42)27-9-7-6-8-25(27)33/h6-9,14-18,21-22H,10-13H2,1-5H3,(H,36,40)(H,38,39)(H,34,35,37). The van der Waals surface area contributed by atoms with Gasteiger partial charge in [0.1, 0.15) is 16.3 Å². The molecule has 0 spiro atoms. The van der Waals surface area contributed by atoms with Crippen molar-refractivity contribution >= 4 is 50.4 Å². The highest BCUT2D eigenvalue weighted by Crippen LogP contribution is 2.35. The number of hydrogen-bond donors (Lipinski definition) is 3. The molecule has 0 saturated heterocycles. The molecular weight excluding hydrogens is 616 g/mol. The van der Waals surface area contributed by atoms with E-state index in [4.69, 9.17) is 26.1 Å². The van der Waals surface area contributed by atoms with Crippen LogP contribution < -0.4 is 20.1 Å². The third kappa shape index (κ3) is 7.93. The maximum absolute atomic E-state index is 12.9. The van der Waals surface area contributed by atoms with Crippen molar-refractivity contribution in [2.24, 2.45) is 0 Å². The van der Waals surface area contributed by atoms with Crippen molar-refractivity contribution in [1.82, 2.24) is 20.3 Å². The topological polar surface area (TPSA) is 144 Å². The van der Waals surface area contributed by atoms with E-state index >= 15 is 0 Å². The van der Waals surface area contributed by atoms with Gasteiger partial charge in [0.05, 0.1) is 17.6 Å². The van der Waals surface area contributed by atoms with E-state index in [0.29, 0.717) is 11.5 Å². The molecule has 1 fully saturated rings. The van der Waals surface area contributed by atoms with E-state index in [2.05, 4.69) is 25.3 Å². The number of amides is 1. The first-order chi connectivity index (χ1) is 21.3. The highest BCUT2D eigenvalue weighted by molar-refractivity contribution is 7.92. The number of ether oxygens (including phenoxy) is 2. The molecule has 2 aromatic heterocycles. The Balaban J connectivity index is 1.28. The number of aryl methyl sites for hydroxylation is 1. The van der Waals surface area contributed by atoms with Crippen LogP contribution in [-0.2, 0) is 14.8 Å². The number of carbonyl (C=O) groups is 1. The first kappa shape index (κ1) is 32.2. The highest BCUT2D eigenvalue weighted by Gasteiger charge is 2.25. The fraction of sp³-hybridized carbons (Fsp3) is 0.375. The Morgan fingerprint density at radius 1 is 0.978 bits per heavy atom. The Morgan fingerprint density at radius 2 is 1.69 bits per heavy atom. The molecule has 238 valence electrons. The Morgan fingerprint density at radius 3 is 2.38 bits per heavy atom. The minimum atomic E-state index is -3.96. The number of fused-ring (bicyclic) bond motifs is 1. The van der Waals surface area contributed by atoms with Crippen LogP contribution in [0.3, 0.4) is 0 Å². The minimum Gasteiger partial charge on any atom is -0.480 e. The van der Waals surface area contributed by atoms with Gasteiger partial charge in [-0.1, -0.05) is 23.7 Å². The summed E-state index contributed by atoms with van der Waals surface area (Å²) in [4.78, 5) is 25.8. The molecule has 45 heavy (non-hydrogen) atoms. The minimum absolute atomic E-state index is 0.0429. The highest BCUT2D eigenvalue weighted by atomic mass is 35.5. The number of pyridine rings is 1. The maximum Gasteiger partial charge on any atom is 0.407 e. The Bertz CT molecular complexity index is 1820. The van der Waals surface area contributed by atoms with Crippen LogP contribution in [-0.4, -0.2) is 54.3 Å². The largest absolute Gasteiger partial charge is 0.480 e. The van der Waals surface area contributed by atoms with E-state index in [0.717, 1.165) is 47.7 Å². The Hall–Kier alpha value is -4.16. The lowest BCUT2D eigenvalue weighted by Crippen LogP contribution is -2.42. The number of rotatable bonds is 8. The second-order valence-corrected chi connectivity index (χ2v) is 14.1. The van der Waals surface area contributed by atoms with Crippen LogP contribution in [0.15, 0.2) is 59.6 Å². The van der Waals surface area contributed by atoms with E-state index in [1.165, 1.54) is 19.2 Å². The van der Waals surface area contributed by atoms with Gasteiger partial charge in [0.25, 0.3) is 10.0 Å². The van der Waals surface area contributed by atoms with Crippen LogP contribution in [0.4, 0.5) is 16.6 Å². The number of methoxy groups -OCH3 is 1. The van der Waals surface area contributed by atoms with Gasteiger partial charge < -0.3 is 20.1 Å². The second-order valence-electron chi connectivity index (χ2n) is 12.0. The van der Waals surface area contributed by atoms with Gasteiger partial charge in [-0.05, 0) is 101 Å². The molecule has 2 heterocycles. The molecule has 1 saturated carbocycles. The van der Waals surface area contributed by atoms with Gasteiger partial charge in [-0.3, -0.25) is 4.72 Å². The van der Waals surface area contributed by atoms with Crippen molar-refractivity contribution < 1.29 is 22.7 Å². The van der Waals surface area contributed by atoms with Gasteiger partial charge in [-0.15, -0.1) is 0 Å². The number of benzene rings is 2. The normalized spacial score (nSPS) is 17.0. The number of sulfonamides is 1. The third-order valence-electron chi connectivity index (χ3n) is 7.42. The van der Waals surface area contributed by atoms with Crippen molar-refractivity contribution in [1.29, 1.82) is 0 Å². The van der Waals surface area contributed by atoms with Crippen molar-refractivity contribution in [3.63, 3.8) is 0 Å². The first-order valence-corrected chi connectivity index (χ1v) is 16.5. The van der Waals surface area contributed by atoms with Crippen molar-refractivity contribution in [3.05, 3.63) is 65.3 Å². The average molecular weight is 653 g/mol. The van der Waals surface area contributed by atoms with E-state index in [1.54, 1.807) is 30.5 Å². The molecule has 2 aromatic carbocycles. The van der Waals surface area contributed by atoms with Crippen LogP contribution >= 0.6 is 11.6 Å². The summed E-state index contributed by atoms with van der Waals surface area (Å²) in [5.41, 5.74) is 2.74. The molecule has 11 nitrogen and oxygen atoms in total. The van der Waals surface area contributed by atoms with Gasteiger partial charge in [-0.25, -0.2) is 23.2 Å². The number of anilines is 2. The summed E-state index contributed by atoms with van der Waals surface area (Å²) in [5.74, 6) is 0.906. The monoisotopic (exact) mass is 652 g/mol. The number of carbonyl (C=O) groups excluding carboxylic acids is 1. The molecule has 0 unspecified atom stereocenters. The Kier molecular flexibility index (Phi) is 9.36. The fourth-order valence-electron chi connectivity index (χ4n) is 5.30. The first-order valence-electron chi connectivity index (χ1n) is 14.7. The molecule has 5 rings (SSSR count). The van der Waals surface area contributed by atoms with Crippen LogP contribution in [0.1, 0.15) is 52.0 Å². The second kappa shape index (κ2) is 13.1. The number of nitrogens with one attached hydrogen (secondary N) is 3. The predicted molar refractivity (Wildman–Crippen MR) is 175 cm³/mol. The molecule has 3 N–H and O–H groups in total. The molecule has 1 aliphatic rings. The zero-order valence-corrected chi connectivity index (χ0v) is 27.4. The van der Waals surface area contributed by atoms with Crippen molar-refractivity contribution in [2.75, 3.05) is 17.1 Å². The summed E-state index contributed by atoms with van der Waals surface area (Å²) in [6.07, 6.45) is 4.81. The lowest BCUT2D eigenvalue weighted by molar-refractivity contribution is 0.0492. The predicted octanol–water partition coefficient (Wildman–Crippen LogP) is 6.71. The summed E-state index contributed by atoms with van der Waals surface area (Å²) in [5, 5.41) is 7.36. The molecule has 1 amide bonds. The SMILES string of the molecule is COc1nc(NS(=O)(=O)c2ccccc2Cl)ccc1-c1cc2cnc(NC3CCC(NC(=O)OC(C)(C)C)CC3)nc2cc1C. The van der Waals surface area contributed by atoms with Crippen LogP contribution in [0.2, 0.25) is 5.02 Å². The van der Waals surface area contributed by atoms with Gasteiger partial charge in [0, 0.05) is 29.2 Å². The van der Waals surface area contributed by atoms with E-state index in [1.807, 2.05) is 39.8 Å². The summed E-state index contributed by atoms with van der Waals surface area (Å²) in [6, 6.07) is 13.8. The number of nitrogens with zero attached hydrogens (tertiary/aromatic N) is 3. The molecule has 13 heteroatoms. The lowest BCUT2D eigenvalue weighted by atomic mass is 9.91. The van der Waals surface area contributed by atoms with Gasteiger partial charge >= 0.3 is 6.09 Å². The molecular formula is C32H37ClN6O5S. The van der Waals surface area contributed by atoms with E-state index < -0.39 is 15.6 Å². The van der Waals surface area contributed by atoms with Crippen LogP contribution in [0.25, 0.3) is 22.0 Å². The summed E-state index contributed by atoms with van der Waals surface area (Å²) >= 11 is 6.10. The fourth-order valence-corrected chi connectivity index (χ4v) is 6.82. The van der Waals surface area contributed by atoms with Gasteiger partial charge in [0.2, 0.25) is 11.8 Å². The van der Waals surface area contributed by atoms with Gasteiger partial charge in [-0.2, -0.15) is 4.98 Å². The zero-order chi connectivity index (χ0) is 32.4. The number of halogens is 1. The average Bonchev–Trinajstić information content (AvgIpc) is 2.97. The third-order valence-corrected chi connectivity index (χ3v) is 9.27. The number of hydrogen-bond acceptors (Lipinski definition) is 9. The molecule has 4 aromatic rings. The quantitative estimate of drug-likeness (QED) is 0.189. The summed E-state index contributed by atoms with van der Waals surface area (Å²) < 4.78 is 39.2. The number of aromatic nitrogens is 3. The lowest BCUT2D eigenvalue weighted by Gasteiger charge is -2.30. The molecule has 0 bridgehead atoms. The zero-order valence-electron chi connectivity index (χ0n) is 25.8. The molecule has 0 atom stereocenters.